The molecule has 2 rings (SSSR count). The highest BCUT2D eigenvalue weighted by atomic mass is 16.2. The van der Waals surface area contributed by atoms with Crippen LogP contribution in [-0.2, 0) is 9.59 Å². The third-order valence-electron chi connectivity index (χ3n) is 3.85. The van der Waals surface area contributed by atoms with E-state index in [4.69, 9.17) is 0 Å². The Balaban J connectivity index is 2.01. The van der Waals surface area contributed by atoms with E-state index < -0.39 is 0 Å². The van der Waals surface area contributed by atoms with Crippen LogP contribution in [0.2, 0.25) is 0 Å². The summed E-state index contributed by atoms with van der Waals surface area (Å²) in [6.07, 6.45) is -0.209. The van der Waals surface area contributed by atoms with Gasteiger partial charge in [0.15, 0.2) is 0 Å². The van der Waals surface area contributed by atoms with Crippen LogP contribution < -0.4 is 10.6 Å². The zero-order valence-corrected chi connectivity index (χ0v) is 14.6. The van der Waals surface area contributed by atoms with Crippen molar-refractivity contribution in [3.63, 3.8) is 0 Å². The van der Waals surface area contributed by atoms with Crippen molar-refractivity contribution >= 4 is 23.2 Å². The molecule has 0 saturated heterocycles. The molecule has 0 aliphatic carbocycles. The molecule has 126 valence electrons. The molecule has 2 N–H and O–H groups in total. The summed E-state index contributed by atoms with van der Waals surface area (Å²) >= 11 is 0. The van der Waals surface area contributed by atoms with Gasteiger partial charge in [-0.2, -0.15) is 0 Å². The SMILES string of the molecule is Cc1ccc(NC(=O)CC(=O)Nc2c(C)cccc2C(C)C)cc1. The van der Waals surface area contributed by atoms with Crippen molar-refractivity contribution in [2.24, 2.45) is 0 Å². The van der Waals surface area contributed by atoms with Crippen LogP contribution in [0.5, 0.6) is 0 Å². The third kappa shape index (κ3) is 4.69. The fourth-order valence-electron chi connectivity index (χ4n) is 2.51. The van der Waals surface area contributed by atoms with E-state index in [-0.39, 0.29) is 18.2 Å². The first-order valence-corrected chi connectivity index (χ1v) is 8.12. The van der Waals surface area contributed by atoms with Crippen molar-refractivity contribution in [2.75, 3.05) is 10.6 Å². The first-order chi connectivity index (χ1) is 11.4. The van der Waals surface area contributed by atoms with Gasteiger partial charge in [-0.05, 0) is 43.0 Å². The van der Waals surface area contributed by atoms with Crippen LogP contribution in [0, 0.1) is 13.8 Å². The molecule has 2 aromatic carbocycles. The number of aryl methyl sites for hydroxylation is 2. The van der Waals surface area contributed by atoms with Gasteiger partial charge in [-0.15, -0.1) is 0 Å². The lowest BCUT2D eigenvalue weighted by Crippen LogP contribution is -2.22. The third-order valence-corrected chi connectivity index (χ3v) is 3.85. The van der Waals surface area contributed by atoms with E-state index in [1.54, 1.807) is 0 Å². The maximum atomic E-state index is 12.2. The number of rotatable bonds is 5. The van der Waals surface area contributed by atoms with E-state index in [0.717, 1.165) is 22.4 Å². The zero-order valence-electron chi connectivity index (χ0n) is 14.6. The molecule has 0 radical (unpaired) electrons. The fourth-order valence-corrected chi connectivity index (χ4v) is 2.51. The van der Waals surface area contributed by atoms with E-state index in [0.29, 0.717) is 11.6 Å². The summed E-state index contributed by atoms with van der Waals surface area (Å²) in [4.78, 5) is 24.3. The van der Waals surface area contributed by atoms with Gasteiger partial charge in [-0.3, -0.25) is 9.59 Å². The van der Waals surface area contributed by atoms with Crippen molar-refractivity contribution in [2.45, 2.75) is 40.0 Å². The van der Waals surface area contributed by atoms with E-state index in [1.807, 2.05) is 56.3 Å². The Labute approximate surface area is 143 Å². The minimum absolute atomic E-state index is 0.209. The minimum Gasteiger partial charge on any atom is -0.326 e. The van der Waals surface area contributed by atoms with Crippen molar-refractivity contribution in [3.8, 4) is 0 Å². The molecule has 0 fully saturated rings. The molecule has 4 heteroatoms. The lowest BCUT2D eigenvalue weighted by atomic mass is 9.98. The Hall–Kier alpha value is -2.62. The number of carbonyl (C=O) groups is 2. The molecule has 0 saturated carbocycles. The maximum Gasteiger partial charge on any atom is 0.233 e. The summed E-state index contributed by atoms with van der Waals surface area (Å²) in [5.41, 5.74) is 4.68. The van der Waals surface area contributed by atoms with Crippen molar-refractivity contribution in [1.29, 1.82) is 0 Å². The minimum atomic E-state index is -0.323. The second-order valence-corrected chi connectivity index (χ2v) is 6.33. The van der Waals surface area contributed by atoms with Crippen LogP contribution in [0.25, 0.3) is 0 Å². The zero-order chi connectivity index (χ0) is 17.7. The lowest BCUT2D eigenvalue weighted by Gasteiger charge is -2.16. The standard InChI is InChI=1S/C20H24N2O2/c1-13(2)17-7-5-6-15(4)20(17)22-19(24)12-18(23)21-16-10-8-14(3)9-11-16/h5-11,13H,12H2,1-4H3,(H,21,23)(H,22,24). The summed E-state index contributed by atoms with van der Waals surface area (Å²) in [5.74, 6) is -0.339. The molecular formula is C20H24N2O2. The first kappa shape index (κ1) is 17.7. The molecule has 0 atom stereocenters. The van der Waals surface area contributed by atoms with Gasteiger partial charge in [0, 0.05) is 11.4 Å². The summed E-state index contributed by atoms with van der Waals surface area (Å²) in [6, 6.07) is 13.4. The van der Waals surface area contributed by atoms with Crippen LogP contribution in [0.3, 0.4) is 0 Å². The van der Waals surface area contributed by atoms with Gasteiger partial charge in [-0.1, -0.05) is 49.7 Å². The molecule has 0 aliphatic rings. The van der Waals surface area contributed by atoms with Crippen molar-refractivity contribution in [3.05, 3.63) is 59.2 Å². The van der Waals surface area contributed by atoms with Crippen LogP contribution in [0.4, 0.5) is 11.4 Å². The topological polar surface area (TPSA) is 58.2 Å². The van der Waals surface area contributed by atoms with Crippen molar-refractivity contribution in [1.82, 2.24) is 0 Å². The molecule has 0 bridgehead atoms. The predicted octanol–water partition coefficient (Wildman–Crippen LogP) is 4.39. The summed E-state index contributed by atoms with van der Waals surface area (Å²) in [6.45, 7) is 8.09. The van der Waals surface area contributed by atoms with Gasteiger partial charge in [-0.25, -0.2) is 0 Å². The number of para-hydroxylation sites is 1. The van der Waals surface area contributed by atoms with E-state index in [1.165, 1.54) is 0 Å². The van der Waals surface area contributed by atoms with Gasteiger partial charge in [0.1, 0.15) is 6.42 Å². The maximum absolute atomic E-state index is 12.2. The average molecular weight is 324 g/mol. The highest BCUT2D eigenvalue weighted by Crippen LogP contribution is 2.27. The predicted molar refractivity (Wildman–Crippen MR) is 98.3 cm³/mol. The Morgan fingerprint density at radius 1 is 0.917 bits per heavy atom. The summed E-state index contributed by atoms with van der Waals surface area (Å²) in [7, 11) is 0. The van der Waals surface area contributed by atoms with E-state index in [2.05, 4.69) is 24.5 Å². The number of anilines is 2. The molecular weight excluding hydrogens is 300 g/mol. The summed E-state index contributed by atoms with van der Waals surface area (Å²) in [5, 5.41) is 5.62. The Kier molecular flexibility index (Phi) is 5.74. The van der Waals surface area contributed by atoms with E-state index in [9.17, 15) is 9.59 Å². The van der Waals surface area contributed by atoms with Crippen molar-refractivity contribution < 1.29 is 9.59 Å². The van der Waals surface area contributed by atoms with E-state index >= 15 is 0 Å². The molecule has 24 heavy (non-hydrogen) atoms. The molecule has 2 amide bonds. The lowest BCUT2D eigenvalue weighted by molar-refractivity contribution is -0.123. The Morgan fingerprint density at radius 2 is 1.54 bits per heavy atom. The fraction of sp³-hybridized carbons (Fsp3) is 0.300. The molecule has 0 unspecified atom stereocenters. The summed E-state index contributed by atoms with van der Waals surface area (Å²) < 4.78 is 0. The van der Waals surface area contributed by atoms with Crippen LogP contribution in [-0.4, -0.2) is 11.8 Å². The second-order valence-electron chi connectivity index (χ2n) is 6.33. The molecule has 0 aromatic heterocycles. The van der Waals surface area contributed by atoms with Crippen LogP contribution in [0.15, 0.2) is 42.5 Å². The molecule has 0 heterocycles. The Bertz CT molecular complexity index is 734. The molecule has 0 spiro atoms. The number of benzene rings is 2. The van der Waals surface area contributed by atoms with Crippen LogP contribution in [0.1, 0.15) is 42.9 Å². The largest absolute Gasteiger partial charge is 0.326 e. The van der Waals surface area contributed by atoms with Gasteiger partial charge in [0.2, 0.25) is 11.8 Å². The highest BCUT2D eigenvalue weighted by Gasteiger charge is 2.14. The molecule has 4 nitrogen and oxygen atoms in total. The van der Waals surface area contributed by atoms with Gasteiger partial charge < -0.3 is 10.6 Å². The molecule has 0 aliphatic heterocycles. The Morgan fingerprint density at radius 3 is 2.17 bits per heavy atom. The van der Waals surface area contributed by atoms with Gasteiger partial charge in [0.05, 0.1) is 0 Å². The number of hydrogen-bond acceptors (Lipinski definition) is 2. The average Bonchev–Trinajstić information content (AvgIpc) is 2.51. The number of carbonyl (C=O) groups excluding carboxylic acids is 2. The smallest absolute Gasteiger partial charge is 0.233 e. The number of nitrogens with one attached hydrogen (secondary N) is 2. The monoisotopic (exact) mass is 324 g/mol. The highest BCUT2D eigenvalue weighted by molar-refractivity contribution is 6.08. The van der Waals surface area contributed by atoms with Gasteiger partial charge in [0.25, 0.3) is 0 Å². The first-order valence-electron chi connectivity index (χ1n) is 8.12. The second kappa shape index (κ2) is 7.77. The normalized spacial score (nSPS) is 10.5. The quantitative estimate of drug-likeness (QED) is 0.801. The van der Waals surface area contributed by atoms with Crippen LogP contribution >= 0.6 is 0 Å². The number of hydrogen-bond donors (Lipinski definition) is 2. The number of amides is 2. The molecule has 2 aromatic rings. The van der Waals surface area contributed by atoms with Gasteiger partial charge >= 0.3 is 0 Å².